The Morgan fingerprint density at radius 1 is 0.786 bits per heavy atom. The van der Waals surface area contributed by atoms with Gasteiger partial charge in [0.1, 0.15) is 0 Å². The van der Waals surface area contributed by atoms with E-state index in [9.17, 15) is 0 Å². The summed E-state index contributed by atoms with van der Waals surface area (Å²) in [5.41, 5.74) is 1.29. The van der Waals surface area contributed by atoms with Gasteiger partial charge in [0.25, 0.3) is 0 Å². The first kappa shape index (κ1) is 22.3. The quantitative estimate of drug-likeness (QED) is 0.239. The molecule has 4 aromatic carbocycles. The van der Waals surface area contributed by atoms with Crippen LogP contribution < -0.4 is 15.9 Å². The maximum atomic E-state index is 5.57. The normalized spacial score (nSPS) is 11.2. The monoisotopic (exact) mass is 428 g/mol. The topological polar surface area (TPSA) is 9.23 Å². The van der Waals surface area contributed by atoms with Crippen LogP contribution in [0.4, 0.5) is 0 Å². The summed E-state index contributed by atoms with van der Waals surface area (Å²) in [4.78, 5) is 0. The van der Waals surface area contributed by atoms with Crippen LogP contribution in [0.15, 0.2) is 109 Å². The minimum Gasteiger partial charge on any atom is -0.389 e. The first-order valence-electron chi connectivity index (χ1n) is 9.16. The van der Waals surface area contributed by atoms with E-state index in [2.05, 4.69) is 85.8 Å². The van der Waals surface area contributed by atoms with E-state index in [1.165, 1.54) is 21.5 Å². The van der Waals surface area contributed by atoms with Gasteiger partial charge in [-0.25, -0.2) is 24.3 Å². The van der Waals surface area contributed by atoms with Crippen molar-refractivity contribution in [3.8, 4) is 0 Å². The summed E-state index contributed by atoms with van der Waals surface area (Å²) < 4.78 is 5.57. The molecular formula is C25H25FeOP. The summed E-state index contributed by atoms with van der Waals surface area (Å²) in [6, 6.07) is 38.1. The van der Waals surface area contributed by atoms with E-state index in [4.69, 9.17) is 4.74 Å². The molecule has 0 amide bonds. The van der Waals surface area contributed by atoms with Crippen molar-refractivity contribution in [3.63, 3.8) is 0 Å². The molecule has 0 fully saturated rings. The van der Waals surface area contributed by atoms with Gasteiger partial charge in [-0.05, 0) is 25.5 Å². The van der Waals surface area contributed by atoms with Crippen molar-refractivity contribution < 1.29 is 21.8 Å². The third kappa shape index (κ3) is 5.77. The van der Waals surface area contributed by atoms with Crippen LogP contribution in [0.25, 0.3) is 0 Å². The molecule has 3 heteroatoms. The van der Waals surface area contributed by atoms with Gasteiger partial charge in [0, 0.05) is 13.2 Å². The van der Waals surface area contributed by atoms with Crippen molar-refractivity contribution in [1.29, 1.82) is 0 Å². The number of methoxy groups -OCH3 is 1. The summed E-state index contributed by atoms with van der Waals surface area (Å²) in [6.45, 7) is 2.11. The summed E-state index contributed by atoms with van der Waals surface area (Å²) in [6.07, 6.45) is 0.113. The van der Waals surface area contributed by atoms with Gasteiger partial charge in [-0.1, -0.05) is 60.7 Å². The molecular weight excluding hydrogens is 403 g/mol. The van der Waals surface area contributed by atoms with Gasteiger partial charge in [0.15, 0.2) is 0 Å². The van der Waals surface area contributed by atoms with Crippen LogP contribution in [0, 0.1) is 0 Å². The average molecular weight is 428 g/mol. The standard InChI is InChI=1S/C20H20OP.C5H5.Fe/c1-16(21-2)19-14-9-15-20(19)22(17-10-5-3-6-11-17)18-12-7-4-8-13-18;1-2-4-5-3-1;/h3-16H,1-2H3;1-5H;/q2*-1;+2/t16-;;/m0../s1. The van der Waals surface area contributed by atoms with E-state index in [1.54, 1.807) is 7.11 Å². The fourth-order valence-corrected chi connectivity index (χ4v) is 5.55. The fourth-order valence-electron chi connectivity index (χ4n) is 3.00. The third-order valence-corrected chi connectivity index (χ3v) is 6.96. The second-order valence-corrected chi connectivity index (χ2v) is 8.40. The van der Waals surface area contributed by atoms with Crippen molar-refractivity contribution in [2.24, 2.45) is 0 Å². The Hall–Kier alpha value is -1.95. The Bertz CT molecular complexity index is 828. The van der Waals surface area contributed by atoms with Crippen LogP contribution >= 0.6 is 7.92 Å². The Labute approximate surface area is 180 Å². The van der Waals surface area contributed by atoms with Gasteiger partial charge in [0.05, 0.1) is 0 Å². The molecule has 0 heterocycles. The SMILES string of the molecule is CO[C@@H](C)[c-]1cccc1P(c1ccccc1)c1ccccc1.[Fe+2].c1cc[cH-]c1. The van der Waals surface area contributed by atoms with Gasteiger partial charge < -0.3 is 4.74 Å². The summed E-state index contributed by atoms with van der Waals surface area (Å²) in [5.74, 6) is 0. The smallest absolute Gasteiger partial charge is 0.389 e. The van der Waals surface area contributed by atoms with Crippen LogP contribution in [-0.2, 0) is 21.8 Å². The molecule has 0 aliphatic heterocycles. The minimum atomic E-state index is -0.548. The zero-order valence-electron chi connectivity index (χ0n) is 16.2. The van der Waals surface area contributed by atoms with Crippen molar-refractivity contribution in [1.82, 2.24) is 0 Å². The second kappa shape index (κ2) is 11.8. The third-order valence-electron chi connectivity index (χ3n) is 4.44. The van der Waals surface area contributed by atoms with Gasteiger partial charge in [-0.2, -0.15) is 24.3 Å². The largest absolute Gasteiger partial charge is 2.00 e. The van der Waals surface area contributed by atoms with E-state index in [0.29, 0.717) is 0 Å². The van der Waals surface area contributed by atoms with Crippen LogP contribution in [-0.4, -0.2) is 7.11 Å². The van der Waals surface area contributed by atoms with Crippen LogP contribution in [0.1, 0.15) is 18.6 Å². The molecule has 0 saturated carbocycles. The number of benzene rings is 2. The zero-order valence-corrected chi connectivity index (χ0v) is 18.2. The van der Waals surface area contributed by atoms with Crippen molar-refractivity contribution in [2.45, 2.75) is 13.0 Å². The molecule has 0 spiro atoms. The van der Waals surface area contributed by atoms with Crippen molar-refractivity contribution in [2.75, 3.05) is 7.11 Å². The Balaban J connectivity index is 0.000000408. The average Bonchev–Trinajstić information content (AvgIpc) is 3.45. The molecule has 28 heavy (non-hydrogen) atoms. The molecule has 1 atom stereocenters. The van der Waals surface area contributed by atoms with Crippen LogP contribution in [0.5, 0.6) is 0 Å². The predicted octanol–water partition coefficient (Wildman–Crippen LogP) is 5.27. The summed E-state index contributed by atoms with van der Waals surface area (Å²) in [5, 5.41) is 4.14. The van der Waals surface area contributed by atoms with E-state index >= 15 is 0 Å². The number of ether oxygens (including phenoxy) is 1. The zero-order chi connectivity index (χ0) is 18.9. The summed E-state index contributed by atoms with van der Waals surface area (Å²) >= 11 is 0. The molecule has 0 bridgehead atoms. The van der Waals surface area contributed by atoms with Gasteiger partial charge >= 0.3 is 17.1 Å². The van der Waals surface area contributed by atoms with Crippen molar-refractivity contribution in [3.05, 3.63) is 115 Å². The molecule has 4 aromatic rings. The minimum absolute atomic E-state index is 0. The number of hydrogen-bond acceptors (Lipinski definition) is 1. The first-order valence-corrected chi connectivity index (χ1v) is 10.5. The van der Waals surface area contributed by atoms with Crippen LogP contribution in [0.3, 0.4) is 0 Å². The summed E-state index contributed by atoms with van der Waals surface area (Å²) in [7, 11) is 1.22. The Kier molecular flexibility index (Phi) is 9.41. The Morgan fingerprint density at radius 2 is 1.32 bits per heavy atom. The van der Waals surface area contributed by atoms with Gasteiger partial charge in [-0.15, -0.1) is 10.9 Å². The van der Waals surface area contributed by atoms with E-state index in [0.717, 1.165) is 0 Å². The van der Waals surface area contributed by atoms with E-state index < -0.39 is 7.92 Å². The number of hydrogen-bond donors (Lipinski definition) is 0. The molecule has 0 aliphatic rings. The molecule has 0 N–H and O–H groups in total. The molecule has 0 radical (unpaired) electrons. The maximum Gasteiger partial charge on any atom is 2.00 e. The van der Waals surface area contributed by atoms with E-state index in [1.807, 2.05) is 30.3 Å². The fraction of sp³-hybridized carbons (Fsp3) is 0.120. The molecule has 0 saturated heterocycles. The predicted molar refractivity (Wildman–Crippen MR) is 118 cm³/mol. The Morgan fingerprint density at radius 3 is 1.75 bits per heavy atom. The molecule has 0 aromatic heterocycles. The van der Waals surface area contributed by atoms with Gasteiger partial charge in [-0.3, -0.25) is 0 Å². The maximum absolute atomic E-state index is 5.57. The van der Waals surface area contributed by atoms with E-state index in [-0.39, 0.29) is 23.2 Å². The molecule has 1 nitrogen and oxygen atoms in total. The van der Waals surface area contributed by atoms with Crippen molar-refractivity contribution >= 4 is 23.8 Å². The number of rotatable bonds is 5. The molecule has 4 rings (SSSR count). The second-order valence-electron chi connectivity index (χ2n) is 6.21. The van der Waals surface area contributed by atoms with Gasteiger partial charge in [0.2, 0.25) is 0 Å². The molecule has 0 aliphatic carbocycles. The molecule has 144 valence electrons. The van der Waals surface area contributed by atoms with Crippen LogP contribution in [0.2, 0.25) is 0 Å². The first-order chi connectivity index (χ1) is 13.3. The molecule has 0 unspecified atom stereocenters.